The number of hydrogen-bond donors (Lipinski definition) is 1. The molecule has 0 spiro atoms. The van der Waals surface area contributed by atoms with Gasteiger partial charge in [0.15, 0.2) is 5.82 Å². The molecule has 1 aromatic heterocycles. The quantitative estimate of drug-likeness (QED) is 0.925. The van der Waals surface area contributed by atoms with Crippen molar-refractivity contribution in [1.29, 1.82) is 0 Å². The van der Waals surface area contributed by atoms with Crippen LogP contribution in [0.1, 0.15) is 25.1 Å². The van der Waals surface area contributed by atoms with Crippen LogP contribution in [0.25, 0.3) is 11.5 Å². The minimum atomic E-state index is -0.367. The Labute approximate surface area is 107 Å². The molecular formula is C12H12BrN3O. The number of benzene rings is 1. The van der Waals surface area contributed by atoms with Crippen molar-refractivity contribution in [2.75, 3.05) is 0 Å². The number of aromatic nitrogens is 2. The van der Waals surface area contributed by atoms with E-state index >= 15 is 0 Å². The largest absolute Gasteiger partial charge is 0.334 e. The second-order valence-corrected chi connectivity index (χ2v) is 5.36. The van der Waals surface area contributed by atoms with Crippen LogP contribution in [0.3, 0.4) is 0 Å². The van der Waals surface area contributed by atoms with Crippen LogP contribution >= 0.6 is 15.9 Å². The van der Waals surface area contributed by atoms with Gasteiger partial charge in [-0.2, -0.15) is 4.98 Å². The molecule has 1 aromatic carbocycles. The maximum absolute atomic E-state index is 6.15. The molecule has 0 radical (unpaired) electrons. The first-order chi connectivity index (χ1) is 8.17. The molecule has 0 aliphatic heterocycles. The summed E-state index contributed by atoms with van der Waals surface area (Å²) in [5.41, 5.74) is 6.69. The van der Waals surface area contributed by atoms with E-state index in [-0.39, 0.29) is 5.54 Å². The van der Waals surface area contributed by atoms with E-state index in [2.05, 4.69) is 26.1 Å². The average Bonchev–Trinajstić information content (AvgIpc) is 2.75. The molecule has 1 aliphatic carbocycles. The van der Waals surface area contributed by atoms with Gasteiger partial charge in [-0.1, -0.05) is 27.2 Å². The average molecular weight is 294 g/mol. The Kier molecular flexibility index (Phi) is 2.52. The van der Waals surface area contributed by atoms with Crippen molar-refractivity contribution in [3.05, 3.63) is 34.6 Å². The van der Waals surface area contributed by atoms with Gasteiger partial charge in [-0.15, -0.1) is 0 Å². The Bertz CT molecular complexity index is 548. The van der Waals surface area contributed by atoms with Crippen LogP contribution in [0.15, 0.2) is 33.3 Å². The van der Waals surface area contributed by atoms with E-state index in [9.17, 15) is 0 Å². The number of nitrogens with two attached hydrogens (primary N) is 1. The van der Waals surface area contributed by atoms with Gasteiger partial charge in [0.2, 0.25) is 0 Å². The molecule has 1 fully saturated rings. The summed E-state index contributed by atoms with van der Waals surface area (Å²) in [6, 6.07) is 7.77. The van der Waals surface area contributed by atoms with Crippen molar-refractivity contribution < 1.29 is 4.52 Å². The van der Waals surface area contributed by atoms with Gasteiger partial charge in [0.1, 0.15) is 0 Å². The van der Waals surface area contributed by atoms with Crippen LogP contribution in [-0.2, 0) is 5.54 Å². The normalized spacial score (nSPS) is 17.8. The molecule has 1 saturated carbocycles. The summed E-state index contributed by atoms with van der Waals surface area (Å²) in [7, 11) is 0. The molecular weight excluding hydrogens is 282 g/mol. The van der Waals surface area contributed by atoms with Crippen LogP contribution in [0.4, 0.5) is 0 Å². The fourth-order valence-corrected chi connectivity index (χ4v) is 2.34. The van der Waals surface area contributed by atoms with E-state index in [1.54, 1.807) is 0 Å². The molecule has 17 heavy (non-hydrogen) atoms. The molecule has 88 valence electrons. The Morgan fingerprint density at radius 3 is 2.82 bits per heavy atom. The fourth-order valence-electron chi connectivity index (χ4n) is 1.95. The van der Waals surface area contributed by atoms with Gasteiger partial charge in [-0.25, -0.2) is 0 Å². The number of hydrogen-bond acceptors (Lipinski definition) is 4. The Balaban J connectivity index is 1.95. The van der Waals surface area contributed by atoms with Crippen molar-refractivity contribution in [1.82, 2.24) is 10.1 Å². The van der Waals surface area contributed by atoms with Crippen LogP contribution in [0.2, 0.25) is 0 Å². The zero-order chi connectivity index (χ0) is 11.9. The van der Waals surface area contributed by atoms with Gasteiger partial charge < -0.3 is 10.3 Å². The standard InChI is InChI=1S/C12H12BrN3O/c13-9-4-1-3-8(7-9)10-15-11(16-17-10)12(14)5-2-6-12/h1,3-4,7H,2,5-6,14H2. The lowest BCUT2D eigenvalue weighted by Crippen LogP contribution is -2.44. The molecule has 2 N–H and O–H groups in total. The molecule has 4 nitrogen and oxygen atoms in total. The summed E-state index contributed by atoms with van der Waals surface area (Å²) in [6.07, 6.45) is 3.01. The zero-order valence-corrected chi connectivity index (χ0v) is 10.8. The lowest BCUT2D eigenvalue weighted by Gasteiger charge is -2.34. The predicted octanol–water partition coefficient (Wildman–Crippen LogP) is 2.84. The lowest BCUT2D eigenvalue weighted by molar-refractivity contribution is 0.229. The maximum Gasteiger partial charge on any atom is 0.258 e. The molecule has 3 rings (SSSR count). The highest BCUT2D eigenvalue weighted by atomic mass is 79.9. The maximum atomic E-state index is 6.15. The Morgan fingerprint density at radius 1 is 1.35 bits per heavy atom. The van der Waals surface area contributed by atoms with Crippen molar-refractivity contribution in [3.63, 3.8) is 0 Å². The highest BCUT2D eigenvalue weighted by Gasteiger charge is 2.39. The highest BCUT2D eigenvalue weighted by molar-refractivity contribution is 9.10. The summed E-state index contributed by atoms with van der Waals surface area (Å²) in [5.74, 6) is 1.15. The first kappa shape index (κ1) is 10.9. The van der Waals surface area contributed by atoms with Crippen LogP contribution in [-0.4, -0.2) is 10.1 Å². The van der Waals surface area contributed by atoms with Crippen molar-refractivity contribution in [2.45, 2.75) is 24.8 Å². The highest BCUT2D eigenvalue weighted by Crippen LogP contribution is 2.37. The summed E-state index contributed by atoms with van der Waals surface area (Å²) >= 11 is 3.42. The van der Waals surface area contributed by atoms with Gasteiger partial charge in [0.25, 0.3) is 5.89 Å². The summed E-state index contributed by atoms with van der Waals surface area (Å²) in [4.78, 5) is 4.39. The molecule has 2 aromatic rings. The molecule has 0 atom stereocenters. The second-order valence-electron chi connectivity index (χ2n) is 4.44. The Hall–Kier alpha value is -1.20. The van der Waals surface area contributed by atoms with Crippen LogP contribution < -0.4 is 5.73 Å². The van der Waals surface area contributed by atoms with Crippen molar-refractivity contribution in [3.8, 4) is 11.5 Å². The van der Waals surface area contributed by atoms with Gasteiger partial charge in [0.05, 0.1) is 5.54 Å². The summed E-state index contributed by atoms with van der Waals surface area (Å²) in [5, 5.41) is 3.99. The molecule has 0 saturated heterocycles. The predicted molar refractivity (Wildman–Crippen MR) is 67.2 cm³/mol. The topological polar surface area (TPSA) is 64.9 Å². The van der Waals surface area contributed by atoms with E-state index in [0.717, 1.165) is 29.3 Å². The monoisotopic (exact) mass is 293 g/mol. The summed E-state index contributed by atoms with van der Waals surface area (Å²) < 4.78 is 6.25. The molecule has 0 bridgehead atoms. The first-order valence-corrected chi connectivity index (χ1v) is 6.36. The van der Waals surface area contributed by atoms with Crippen LogP contribution in [0, 0.1) is 0 Å². The fraction of sp³-hybridized carbons (Fsp3) is 0.333. The van der Waals surface area contributed by atoms with Gasteiger partial charge in [-0.3, -0.25) is 0 Å². The van der Waals surface area contributed by atoms with Crippen molar-refractivity contribution >= 4 is 15.9 Å². The third-order valence-electron chi connectivity index (χ3n) is 3.19. The molecule has 5 heteroatoms. The van der Waals surface area contributed by atoms with Gasteiger partial charge in [0, 0.05) is 10.0 Å². The molecule has 1 heterocycles. The number of nitrogens with zero attached hydrogens (tertiary/aromatic N) is 2. The minimum Gasteiger partial charge on any atom is -0.334 e. The molecule has 0 amide bonds. The van der Waals surface area contributed by atoms with Gasteiger partial charge >= 0.3 is 0 Å². The van der Waals surface area contributed by atoms with E-state index in [1.807, 2.05) is 24.3 Å². The lowest BCUT2D eigenvalue weighted by atomic mass is 9.77. The van der Waals surface area contributed by atoms with E-state index in [4.69, 9.17) is 10.3 Å². The smallest absolute Gasteiger partial charge is 0.258 e. The van der Waals surface area contributed by atoms with Crippen LogP contribution in [0.5, 0.6) is 0 Å². The number of rotatable bonds is 2. The van der Waals surface area contributed by atoms with E-state index in [1.165, 1.54) is 0 Å². The second kappa shape index (κ2) is 3.92. The first-order valence-electron chi connectivity index (χ1n) is 5.56. The molecule has 0 unspecified atom stereocenters. The Morgan fingerprint density at radius 2 is 2.18 bits per heavy atom. The van der Waals surface area contributed by atoms with E-state index in [0.29, 0.717) is 11.7 Å². The van der Waals surface area contributed by atoms with Crippen molar-refractivity contribution in [2.24, 2.45) is 5.73 Å². The molecule has 1 aliphatic rings. The third-order valence-corrected chi connectivity index (χ3v) is 3.68. The van der Waals surface area contributed by atoms with E-state index < -0.39 is 0 Å². The SMILES string of the molecule is NC1(c2noc(-c3cccc(Br)c3)n2)CCC1. The zero-order valence-electron chi connectivity index (χ0n) is 9.19. The van der Waals surface area contributed by atoms with Gasteiger partial charge in [-0.05, 0) is 37.5 Å². The third kappa shape index (κ3) is 1.89. The number of halogens is 1. The summed E-state index contributed by atoms with van der Waals surface area (Å²) in [6.45, 7) is 0. The minimum absolute atomic E-state index is 0.367.